The first-order valence-corrected chi connectivity index (χ1v) is 8.78. The molecule has 1 saturated heterocycles. The van der Waals surface area contributed by atoms with E-state index in [-0.39, 0.29) is 5.97 Å². The van der Waals surface area contributed by atoms with Crippen molar-refractivity contribution in [2.24, 2.45) is 0 Å². The maximum Gasteiger partial charge on any atom is 0.339 e. The summed E-state index contributed by atoms with van der Waals surface area (Å²) < 4.78 is 4.97. The SMILES string of the molecule is CCOC(=O)c1ccc(N2CCN(Cc3cnc(N)s3)CC2)nc1. The van der Waals surface area contributed by atoms with Gasteiger partial charge in [-0.15, -0.1) is 11.3 Å². The number of pyridine rings is 1. The van der Waals surface area contributed by atoms with Crippen molar-refractivity contribution in [1.82, 2.24) is 14.9 Å². The van der Waals surface area contributed by atoms with Gasteiger partial charge in [0.1, 0.15) is 5.82 Å². The van der Waals surface area contributed by atoms with Crippen LogP contribution in [0.2, 0.25) is 0 Å². The van der Waals surface area contributed by atoms with Crippen LogP contribution in [0.15, 0.2) is 24.5 Å². The van der Waals surface area contributed by atoms with Crippen molar-refractivity contribution in [3.05, 3.63) is 35.0 Å². The zero-order chi connectivity index (χ0) is 16.9. The molecule has 0 radical (unpaired) electrons. The molecule has 2 aromatic rings. The van der Waals surface area contributed by atoms with Crippen molar-refractivity contribution in [1.29, 1.82) is 0 Å². The summed E-state index contributed by atoms with van der Waals surface area (Å²) in [6.07, 6.45) is 3.43. The fourth-order valence-electron chi connectivity index (χ4n) is 2.66. The predicted molar refractivity (Wildman–Crippen MR) is 94.2 cm³/mol. The second kappa shape index (κ2) is 7.59. The van der Waals surface area contributed by atoms with Crippen molar-refractivity contribution in [2.75, 3.05) is 43.4 Å². The largest absolute Gasteiger partial charge is 0.462 e. The molecule has 128 valence electrons. The molecule has 0 amide bonds. The Balaban J connectivity index is 1.53. The van der Waals surface area contributed by atoms with Crippen LogP contribution in [0.3, 0.4) is 0 Å². The molecule has 0 saturated carbocycles. The quantitative estimate of drug-likeness (QED) is 0.823. The van der Waals surface area contributed by atoms with Crippen molar-refractivity contribution >= 4 is 28.3 Å². The first kappa shape index (κ1) is 16.7. The van der Waals surface area contributed by atoms with Gasteiger partial charge in [-0.25, -0.2) is 14.8 Å². The molecule has 0 unspecified atom stereocenters. The van der Waals surface area contributed by atoms with Crippen molar-refractivity contribution in [3.63, 3.8) is 0 Å². The van der Waals surface area contributed by atoms with E-state index >= 15 is 0 Å². The number of carbonyl (C=O) groups excluding carboxylic acids is 1. The van der Waals surface area contributed by atoms with Crippen molar-refractivity contribution in [2.45, 2.75) is 13.5 Å². The van der Waals surface area contributed by atoms with Crippen LogP contribution >= 0.6 is 11.3 Å². The number of nitrogens with two attached hydrogens (primary N) is 1. The number of thiazole rings is 1. The maximum atomic E-state index is 11.7. The highest BCUT2D eigenvalue weighted by molar-refractivity contribution is 7.15. The summed E-state index contributed by atoms with van der Waals surface area (Å²) in [7, 11) is 0. The summed E-state index contributed by atoms with van der Waals surface area (Å²) in [5.74, 6) is 0.565. The summed E-state index contributed by atoms with van der Waals surface area (Å²) >= 11 is 1.54. The molecule has 0 spiro atoms. The summed E-state index contributed by atoms with van der Waals surface area (Å²) in [6, 6.07) is 3.65. The monoisotopic (exact) mass is 347 g/mol. The van der Waals surface area contributed by atoms with E-state index in [9.17, 15) is 4.79 Å². The topological polar surface area (TPSA) is 84.6 Å². The average Bonchev–Trinajstić information content (AvgIpc) is 3.01. The zero-order valence-electron chi connectivity index (χ0n) is 13.6. The van der Waals surface area contributed by atoms with Crippen LogP contribution in [-0.2, 0) is 11.3 Å². The number of piperazine rings is 1. The van der Waals surface area contributed by atoms with E-state index in [1.165, 1.54) is 4.88 Å². The number of nitrogens with zero attached hydrogens (tertiary/aromatic N) is 4. The molecular formula is C16H21N5O2S. The Kier molecular flexibility index (Phi) is 5.27. The number of nitrogen functional groups attached to an aromatic ring is 1. The van der Waals surface area contributed by atoms with Crippen LogP contribution in [0.1, 0.15) is 22.2 Å². The third kappa shape index (κ3) is 4.01. The highest BCUT2D eigenvalue weighted by Crippen LogP contribution is 2.19. The van der Waals surface area contributed by atoms with E-state index in [1.54, 1.807) is 30.5 Å². The molecule has 24 heavy (non-hydrogen) atoms. The second-order valence-corrected chi connectivity index (χ2v) is 6.70. The molecule has 1 fully saturated rings. The lowest BCUT2D eigenvalue weighted by atomic mass is 10.2. The Morgan fingerprint density at radius 1 is 1.25 bits per heavy atom. The number of esters is 1. The van der Waals surface area contributed by atoms with E-state index in [4.69, 9.17) is 10.5 Å². The van der Waals surface area contributed by atoms with Gasteiger partial charge < -0.3 is 15.4 Å². The number of rotatable bonds is 5. The van der Waals surface area contributed by atoms with Gasteiger partial charge in [-0.2, -0.15) is 0 Å². The van der Waals surface area contributed by atoms with Crippen LogP contribution in [0.5, 0.6) is 0 Å². The molecule has 0 bridgehead atoms. The van der Waals surface area contributed by atoms with Gasteiger partial charge >= 0.3 is 5.97 Å². The van der Waals surface area contributed by atoms with Gasteiger partial charge in [0.25, 0.3) is 0 Å². The minimum absolute atomic E-state index is 0.329. The zero-order valence-corrected chi connectivity index (χ0v) is 14.5. The van der Waals surface area contributed by atoms with Crippen LogP contribution in [0.25, 0.3) is 0 Å². The van der Waals surface area contributed by atoms with Gasteiger partial charge in [0.15, 0.2) is 5.13 Å². The molecule has 1 aliphatic heterocycles. The number of aromatic nitrogens is 2. The molecule has 8 heteroatoms. The van der Waals surface area contributed by atoms with Gasteiger partial charge in [-0.1, -0.05) is 0 Å². The second-order valence-electron chi connectivity index (χ2n) is 5.55. The summed E-state index contributed by atoms with van der Waals surface area (Å²) in [4.78, 5) is 26.0. The van der Waals surface area contributed by atoms with Crippen LogP contribution < -0.4 is 10.6 Å². The van der Waals surface area contributed by atoms with Crippen molar-refractivity contribution < 1.29 is 9.53 Å². The average molecular weight is 347 g/mol. The predicted octanol–water partition coefficient (Wildman–Crippen LogP) is 1.62. The third-order valence-corrected chi connectivity index (χ3v) is 4.72. The van der Waals surface area contributed by atoms with Gasteiger partial charge in [-0.05, 0) is 19.1 Å². The molecular weight excluding hydrogens is 326 g/mol. The van der Waals surface area contributed by atoms with E-state index in [2.05, 4.69) is 19.8 Å². The number of anilines is 2. The standard InChI is InChI=1S/C16H21N5O2S/c1-2-23-15(22)12-3-4-14(18-9-12)21-7-5-20(6-8-21)11-13-10-19-16(17)24-13/h3-4,9-10H,2,5-8,11H2,1H3,(H2,17,19). The van der Waals surface area contributed by atoms with Gasteiger partial charge in [0, 0.05) is 50.0 Å². The molecule has 3 heterocycles. The van der Waals surface area contributed by atoms with Gasteiger partial charge in [-0.3, -0.25) is 4.90 Å². The van der Waals surface area contributed by atoms with Crippen LogP contribution in [-0.4, -0.2) is 53.6 Å². The van der Waals surface area contributed by atoms with Crippen molar-refractivity contribution in [3.8, 4) is 0 Å². The van der Waals surface area contributed by atoms with E-state index in [1.807, 2.05) is 12.3 Å². The summed E-state index contributed by atoms with van der Waals surface area (Å²) in [6.45, 7) is 6.77. The molecule has 2 aromatic heterocycles. The molecule has 0 atom stereocenters. The molecule has 0 aliphatic carbocycles. The smallest absolute Gasteiger partial charge is 0.339 e. The number of hydrogen-bond donors (Lipinski definition) is 1. The minimum atomic E-state index is -0.329. The molecule has 0 aromatic carbocycles. The Hall–Kier alpha value is -2.19. The summed E-state index contributed by atoms with van der Waals surface area (Å²) in [5.41, 5.74) is 6.16. The first-order valence-electron chi connectivity index (χ1n) is 7.96. The van der Waals surface area contributed by atoms with Crippen LogP contribution in [0.4, 0.5) is 10.9 Å². The summed E-state index contributed by atoms with van der Waals surface area (Å²) in [5, 5.41) is 0.620. The molecule has 2 N–H and O–H groups in total. The Morgan fingerprint density at radius 3 is 2.62 bits per heavy atom. The van der Waals surface area contributed by atoms with E-state index in [0.29, 0.717) is 17.3 Å². The number of hydrogen-bond acceptors (Lipinski definition) is 8. The highest BCUT2D eigenvalue weighted by Gasteiger charge is 2.19. The lowest BCUT2D eigenvalue weighted by molar-refractivity contribution is 0.0526. The van der Waals surface area contributed by atoms with Gasteiger partial charge in [0.2, 0.25) is 0 Å². The lowest BCUT2D eigenvalue weighted by Gasteiger charge is -2.35. The third-order valence-electron chi connectivity index (χ3n) is 3.91. The Bertz CT molecular complexity index is 680. The van der Waals surface area contributed by atoms with Gasteiger partial charge in [0.05, 0.1) is 12.2 Å². The number of carbonyl (C=O) groups is 1. The number of ether oxygens (including phenoxy) is 1. The highest BCUT2D eigenvalue weighted by atomic mass is 32.1. The first-order chi connectivity index (χ1) is 11.7. The molecule has 1 aliphatic rings. The lowest BCUT2D eigenvalue weighted by Crippen LogP contribution is -2.46. The fraction of sp³-hybridized carbons (Fsp3) is 0.438. The van der Waals surface area contributed by atoms with E-state index in [0.717, 1.165) is 38.5 Å². The normalized spacial score (nSPS) is 15.5. The Labute approximate surface area is 145 Å². The minimum Gasteiger partial charge on any atom is -0.462 e. The fourth-order valence-corrected chi connectivity index (χ4v) is 3.39. The van der Waals surface area contributed by atoms with E-state index < -0.39 is 0 Å². The van der Waals surface area contributed by atoms with Crippen LogP contribution in [0, 0.1) is 0 Å². The molecule has 3 rings (SSSR count). The Morgan fingerprint density at radius 2 is 2.04 bits per heavy atom. The maximum absolute atomic E-state index is 11.7. The molecule has 7 nitrogen and oxygen atoms in total.